The summed E-state index contributed by atoms with van der Waals surface area (Å²) in [6.07, 6.45) is 0.889. The van der Waals surface area contributed by atoms with E-state index in [1.54, 1.807) is 0 Å². The van der Waals surface area contributed by atoms with Gasteiger partial charge in [0.1, 0.15) is 5.82 Å². The zero-order valence-corrected chi connectivity index (χ0v) is 11.9. The molecular formula is C16H16N6. The predicted molar refractivity (Wildman–Crippen MR) is 87.3 cm³/mol. The van der Waals surface area contributed by atoms with Crippen molar-refractivity contribution in [1.82, 2.24) is 10.2 Å². The minimum atomic E-state index is 0.238. The number of hydrogen-bond acceptors (Lipinski definition) is 5. The molecule has 0 bridgehead atoms. The van der Waals surface area contributed by atoms with Crippen molar-refractivity contribution in [2.24, 2.45) is 10.2 Å². The molecule has 2 aromatic carbocycles. The third-order valence-corrected chi connectivity index (χ3v) is 3.25. The maximum absolute atomic E-state index is 5.66. The molecule has 1 aromatic heterocycles. The van der Waals surface area contributed by atoms with Crippen molar-refractivity contribution in [1.29, 1.82) is 0 Å². The number of aromatic nitrogens is 2. The second kappa shape index (κ2) is 6.09. The van der Waals surface area contributed by atoms with Crippen molar-refractivity contribution in [3.63, 3.8) is 0 Å². The third-order valence-electron chi connectivity index (χ3n) is 3.25. The fraction of sp³-hybridized carbons (Fsp3) is 0.0625. The van der Waals surface area contributed by atoms with Crippen molar-refractivity contribution < 1.29 is 0 Å². The van der Waals surface area contributed by atoms with Gasteiger partial charge in [-0.05, 0) is 29.7 Å². The SMILES string of the molecule is Nc1n[nH]c(N)c1N=Nc1ccc(Cc2ccccc2)cc1. The molecule has 0 fully saturated rings. The van der Waals surface area contributed by atoms with Crippen LogP contribution >= 0.6 is 0 Å². The molecule has 22 heavy (non-hydrogen) atoms. The topological polar surface area (TPSA) is 105 Å². The van der Waals surface area contributed by atoms with E-state index in [1.807, 2.05) is 42.5 Å². The number of nitrogens with zero attached hydrogens (tertiary/aromatic N) is 3. The Morgan fingerprint density at radius 3 is 2.18 bits per heavy atom. The Morgan fingerprint density at radius 2 is 1.55 bits per heavy atom. The van der Waals surface area contributed by atoms with Gasteiger partial charge in [0.05, 0.1) is 5.69 Å². The van der Waals surface area contributed by atoms with Crippen molar-refractivity contribution in [2.45, 2.75) is 6.42 Å². The molecular weight excluding hydrogens is 276 g/mol. The van der Waals surface area contributed by atoms with E-state index in [4.69, 9.17) is 11.5 Å². The van der Waals surface area contributed by atoms with Crippen LogP contribution in [0.4, 0.5) is 23.0 Å². The quantitative estimate of drug-likeness (QED) is 0.640. The first-order valence-corrected chi connectivity index (χ1v) is 6.86. The molecule has 0 saturated heterocycles. The van der Waals surface area contributed by atoms with Crippen LogP contribution in [0.15, 0.2) is 64.8 Å². The number of nitrogen functional groups attached to an aromatic ring is 2. The second-order valence-electron chi connectivity index (χ2n) is 4.90. The molecule has 0 aliphatic heterocycles. The van der Waals surface area contributed by atoms with E-state index >= 15 is 0 Å². The number of rotatable bonds is 4. The highest BCUT2D eigenvalue weighted by molar-refractivity contribution is 5.70. The highest BCUT2D eigenvalue weighted by atomic mass is 15.2. The summed E-state index contributed by atoms with van der Waals surface area (Å²) in [6.45, 7) is 0. The monoisotopic (exact) mass is 292 g/mol. The molecule has 0 aliphatic carbocycles. The average molecular weight is 292 g/mol. The Balaban J connectivity index is 1.72. The van der Waals surface area contributed by atoms with Crippen LogP contribution < -0.4 is 11.5 Å². The van der Waals surface area contributed by atoms with Gasteiger partial charge in [-0.15, -0.1) is 5.11 Å². The average Bonchev–Trinajstić information content (AvgIpc) is 2.86. The fourth-order valence-electron chi connectivity index (χ4n) is 2.09. The summed E-state index contributed by atoms with van der Waals surface area (Å²) in [5, 5.41) is 14.5. The Labute approximate surface area is 127 Å². The van der Waals surface area contributed by atoms with Gasteiger partial charge in [0.15, 0.2) is 11.5 Å². The highest BCUT2D eigenvalue weighted by Crippen LogP contribution is 2.28. The summed E-state index contributed by atoms with van der Waals surface area (Å²) in [5.74, 6) is 0.545. The number of azo groups is 1. The van der Waals surface area contributed by atoms with E-state index in [-0.39, 0.29) is 5.82 Å². The van der Waals surface area contributed by atoms with Gasteiger partial charge in [0, 0.05) is 0 Å². The van der Waals surface area contributed by atoms with Crippen molar-refractivity contribution in [2.75, 3.05) is 11.5 Å². The van der Waals surface area contributed by atoms with E-state index in [2.05, 4.69) is 32.6 Å². The molecule has 0 radical (unpaired) electrons. The third kappa shape index (κ3) is 3.12. The van der Waals surface area contributed by atoms with Crippen molar-refractivity contribution in [3.8, 4) is 0 Å². The minimum absolute atomic E-state index is 0.238. The summed E-state index contributed by atoms with van der Waals surface area (Å²) in [4.78, 5) is 0. The van der Waals surface area contributed by atoms with E-state index in [1.165, 1.54) is 11.1 Å². The molecule has 110 valence electrons. The Hall–Kier alpha value is -3.15. The lowest BCUT2D eigenvalue weighted by molar-refractivity contribution is 1.11. The molecule has 0 unspecified atom stereocenters. The zero-order chi connectivity index (χ0) is 15.4. The normalized spacial score (nSPS) is 11.1. The van der Waals surface area contributed by atoms with E-state index < -0.39 is 0 Å². The van der Waals surface area contributed by atoms with Gasteiger partial charge in [0.2, 0.25) is 0 Å². The summed E-state index contributed by atoms with van der Waals surface area (Å²) >= 11 is 0. The molecule has 0 saturated carbocycles. The number of H-pyrrole nitrogens is 1. The zero-order valence-electron chi connectivity index (χ0n) is 11.9. The van der Waals surface area contributed by atoms with Gasteiger partial charge in [-0.1, -0.05) is 42.5 Å². The first-order chi connectivity index (χ1) is 10.7. The van der Waals surface area contributed by atoms with Gasteiger partial charge >= 0.3 is 0 Å². The standard InChI is InChI=1S/C16H16N6/c17-15-14(16(18)22-21-15)20-19-13-8-6-12(7-9-13)10-11-4-2-1-3-5-11/h1-9H,10H2,(H5,17,18,21,22). The van der Waals surface area contributed by atoms with Crippen LogP contribution in [0.25, 0.3) is 0 Å². The molecule has 1 heterocycles. The number of nitrogens with two attached hydrogens (primary N) is 2. The van der Waals surface area contributed by atoms with Crippen LogP contribution in [0.5, 0.6) is 0 Å². The first kappa shape index (κ1) is 13.8. The molecule has 0 amide bonds. The van der Waals surface area contributed by atoms with Crippen LogP contribution in [0, 0.1) is 0 Å². The van der Waals surface area contributed by atoms with Gasteiger partial charge < -0.3 is 11.5 Å². The van der Waals surface area contributed by atoms with Gasteiger partial charge in [0.25, 0.3) is 0 Å². The molecule has 0 spiro atoms. The minimum Gasteiger partial charge on any atom is -0.382 e. The molecule has 0 atom stereocenters. The summed E-state index contributed by atoms with van der Waals surface area (Å²) in [7, 11) is 0. The Morgan fingerprint density at radius 1 is 0.864 bits per heavy atom. The summed E-state index contributed by atoms with van der Waals surface area (Å²) in [6, 6.07) is 18.2. The lowest BCUT2D eigenvalue weighted by Gasteiger charge is -2.02. The Kier molecular flexibility index (Phi) is 3.82. The lowest BCUT2D eigenvalue weighted by Crippen LogP contribution is -1.86. The van der Waals surface area contributed by atoms with Gasteiger partial charge in [-0.3, -0.25) is 5.10 Å². The summed E-state index contributed by atoms with van der Waals surface area (Å²) < 4.78 is 0. The number of benzene rings is 2. The first-order valence-electron chi connectivity index (χ1n) is 6.86. The molecule has 6 heteroatoms. The van der Waals surface area contributed by atoms with Crippen LogP contribution in [0.3, 0.4) is 0 Å². The van der Waals surface area contributed by atoms with Crippen LogP contribution in [0.1, 0.15) is 11.1 Å². The number of anilines is 2. The molecule has 6 nitrogen and oxygen atoms in total. The number of aromatic amines is 1. The predicted octanol–water partition coefficient (Wildman–Crippen LogP) is 3.58. The number of hydrogen-bond donors (Lipinski definition) is 3. The Bertz CT molecular complexity index is 755. The maximum atomic E-state index is 5.66. The lowest BCUT2D eigenvalue weighted by atomic mass is 10.1. The smallest absolute Gasteiger partial charge is 0.175 e. The van der Waals surface area contributed by atoms with Gasteiger partial charge in [-0.25, -0.2) is 0 Å². The molecule has 0 aliphatic rings. The van der Waals surface area contributed by atoms with E-state index in [9.17, 15) is 0 Å². The van der Waals surface area contributed by atoms with Crippen LogP contribution in [-0.2, 0) is 6.42 Å². The largest absolute Gasteiger partial charge is 0.382 e. The number of nitrogens with one attached hydrogen (secondary N) is 1. The van der Waals surface area contributed by atoms with E-state index in [0.29, 0.717) is 11.5 Å². The van der Waals surface area contributed by atoms with Crippen molar-refractivity contribution in [3.05, 3.63) is 65.7 Å². The molecule has 5 N–H and O–H groups in total. The van der Waals surface area contributed by atoms with Crippen LogP contribution in [-0.4, -0.2) is 10.2 Å². The highest BCUT2D eigenvalue weighted by Gasteiger charge is 2.06. The second-order valence-corrected chi connectivity index (χ2v) is 4.90. The van der Waals surface area contributed by atoms with Gasteiger partial charge in [-0.2, -0.15) is 10.2 Å². The molecule has 3 rings (SSSR count). The summed E-state index contributed by atoms with van der Waals surface area (Å²) in [5.41, 5.74) is 14.9. The van der Waals surface area contributed by atoms with E-state index in [0.717, 1.165) is 12.1 Å². The maximum Gasteiger partial charge on any atom is 0.175 e. The fourth-order valence-corrected chi connectivity index (χ4v) is 2.09. The van der Waals surface area contributed by atoms with Crippen molar-refractivity contribution >= 4 is 23.0 Å². The van der Waals surface area contributed by atoms with Crippen LogP contribution in [0.2, 0.25) is 0 Å². The molecule has 3 aromatic rings.